The van der Waals surface area contributed by atoms with Gasteiger partial charge in [-0.05, 0) is 24.8 Å². The van der Waals surface area contributed by atoms with E-state index >= 15 is 0 Å². The second kappa shape index (κ2) is 6.27. The van der Waals surface area contributed by atoms with Crippen LogP contribution in [0.15, 0.2) is 36.3 Å². The predicted octanol–water partition coefficient (Wildman–Crippen LogP) is 3.64. The van der Waals surface area contributed by atoms with Crippen LogP contribution in [0.5, 0.6) is 0 Å². The number of hydrogen-bond donors (Lipinski definition) is 3. The highest BCUT2D eigenvalue weighted by Crippen LogP contribution is 2.44. The van der Waals surface area contributed by atoms with Crippen LogP contribution in [0.25, 0.3) is 22.4 Å². The smallest absolute Gasteiger partial charge is 0.309 e. The number of halogens is 2. The number of hydrogen-bond acceptors (Lipinski definition) is 5. The number of allylic oxidation sites excluding steroid dienone is 1. The lowest BCUT2D eigenvalue weighted by Gasteiger charge is -2.29. The number of anilines is 1. The normalized spacial score (nSPS) is 23.2. The first-order valence-corrected chi connectivity index (χ1v) is 9.24. The lowest BCUT2D eigenvalue weighted by atomic mass is 9.83. The third-order valence-electron chi connectivity index (χ3n) is 5.47. The molecule has 2 aliphatic carbocycles. The molecule has 2 aliphatic rings. The van der Waals surface area contributed by atoms with Crippen LogP contribution in [0.2, 0.25) is 5.02 Å². The Morgan fingerprint density at radius 1 is 1.36 bits per heavy atom. The third kappa shape index (κ3) is 2.63. The summed E-state index contributed by atoms with van der Waals surface area (Å²) in [6.45, 7) is 0. The van der Waals surface area contributed by atoms with Crippen LogP contribution in [-0.2, 0) is 4.79 Å². The molecule has 3 N–H and O–H groups in total. The van der Waals surface area contributed by atoms with Crippen molar-refractivity contribution in [2.75, 3.05) is 5.32 Å². The standard InChI is InChI=1S/C19H15ClFN5O2/c20-10-4-11-12(6-23-16(11)22-5-10)17-24-7-13(21)18(26-17)25-15-9-2-1-8(3-9)14(15)19(27)28/h3-8,14-15H,1-2H2,(H,22,23)(H,27,28)(H,24,25,26)/t8-,14?,15?/m1/s1. The molecule has 0 radical (unpaired) electrons. The highest BCUT2D eigenvalue weighted by atomic mass is 35.5. The Morgan fingerprint density at radius 2 is 2.21 bits per heavy atom. The molecule has 28 heavy (non-hydrogen) atoms. The predicted molar refractivity (Wildman–Crippen MR) is 101 cm³/mol. The molecule has 0 saturated heterocycles. The van der Waals surface area contributed by atoms with Crippen LogP contribution >= 0.6 is 11.6 Å². The van der Waals surface area contributed by atoms with Crippen molar-refractivity contribution in [1.29, 1.82) is 0 Å². The highest BCUT2D eigenvalue weighted by Gasteiger charge is 2.46. The Kier molecular flexibility index (Phi) is 3.83. The van der Waals surface area contributed by atoms with Crippen molar-refractivity contribution in [3.63, 3.8) is 0 Å². The molecule has 2 unspecified atom stereocenters. The molecule has 3 atom stereocenters. The first kappa shape index (κ1) is 17.1. The van der Waals surface area contributed by atoms with Gasteiger partial charge in [-0.1, -0.05) is 23.3 Å². The number of nitrogens with zero attached hydrogens (tertiary/aromatic N) is 3. The van der Waals surface area contributed by atoms with E-state index in [-0.39, 0.29) is 11.7 Å². The molecule has 3 aromatic heterocycles. The van der Waals surface area contributed by atoms with E-state index in [0.717, 1.165) is 30.0 Å². The van der Waals surface area contributed by atoms with E-state index < -0.39 is 23.7 Å². The van der Waals surface area contributed by atoms with Gasteiger partial charge in [-0.25, -0.2) is 19.3 Å². The monoisotopic (exact) mass is 399 g/mol. The van der Waals surface area contributed by atoms with Gasteiger partial charge in [0, 0.05) is 23.3 Å². The largest absolute Gasteiger partial charge is 0.481 e. The van der Waals surface area contributed by atoms with E-state index in [0.29, 0.717) is 22.1 Å². The number of carboxylic acid groups (broad SMARTS) is 1. The van der Waals surface area contributed by atoms with Gasteiger partial charge in [-0.3, -0.25) is 4.79 Å². The van der Waals surface area contributed by atoms with Crippen LogP contribution in [0.1, 0.15) is 12.8 Å². The van der Waals surface area contributed by atoms with Crippen LogP contribution in [0.3, 0.4) is 0 Å². The van der Waals surface area contributed by atoms with Gasteiger partial charge < -0.3 is 15.4 Å². The Hall–Kier alpha value is -3.00. The van der Waals surface area contributed by atoms with Crippen LogP contribution in [0, 0.1) is 17.7 Å². The van der Waals surface area contributed by atoms with Gasteiger partial charge in [-0.2, -0.15) is 0 Å². The van der Waals surface area contributed by atoms with Crippen molar-refractivity contribution >= 4 is 34.4 Å². The number of aromatic amines is 1. The first-order chi connectivity index (χ1) is 13.5. The van der Waals surface area contributed by atoms with Crippen molar-refractivity contribution in [3.05, 3.63) is 47.1 Å². The molecule has 0 saturated carbocycles. The molecule has 2 bridgehead atoms. The lowest BCUT2D eigenvalue weighted by molar-refractivity contribution is -0.143. The van der Waals surface area contributed by atoms with Gasteiger partial charge >= 0.3 is 5.97 Å². The zero-order valence-electron chi connectivity index (χ0n) is 14.5. The maximum Gasteiger partial charge on any atom is 0.309 e. The van der Waals surface area contributed by atoms with E-state index in [1.54, 1.807) is 12.3 Å². The number of aromatic nitrogens is 4. The molecule has 3 heterocycles. The summed E-state index contributed by atoms with van der Waals surface area (Å²) in [4.78, 5) is 27.3. The van der Waals surface area contributed by atoms with Gasteiger partial charge in [0.05, 0.1) is 23.2 Å². The van der Waals surface area contributed by atoms with Crippen molar-refractivity contribution in [2.24, 2.45) is 11.8 Å². The van der Waals surface area contributed by atoms with Crippen LogP contribution in [-0.4, -0.2) is 37.1 Å². The first-order valence-electron chi connectivity index (χ1n) is 8.87. The van der Waals surface area contributed by atoms with E-state index in [2.05, 4.69) is 25.3 Å². The molecule has 5 rings (SSSR count). The molecular formula is C19H15ClFN5O2. The van der Waals surface area contributed by atoms with Crippen molar-refractivity contribution in [3.8, 4) is 11.4 Å². The van der Waals surface area contributed by atoms with Crippen molar-refractivity contribution in [1.82, 2.24) is 19.9 Å². The minimum absolute atomic E-state index is 0.0148. The number of rotatable bonds is 4. The number of fused-ring (bicyclic) bond motifs is 2. The fourth-order valence-electron chi connectivity index (χ4n) is 4.21. The summed E-state index contributed by atoms with van der Waals surface area (Å²) < 4.78 is 14.4. The van der Waals surface area contributed by atoms with E-state index in [1.165, 1.54) is 6.20 Å². The molecule has 0 aromatic carbocycles. The van der Waals surface area contributed by atoms with Gasteiger partial charge in [0.1, 0.15) is 5.65 Å². The summed E-state index contributed by atoms with van der Waals surface area (Å²) in [5, 5.41) is 13.8. The summed E-state index contributed by atoms with van der Waals surface area (Å²) >= 11 is 6.04. The molecule has 0 aliphatic heterocycles. The number of H-pyrrole nitrogens is 1. The molecule has 7 nitrogen and oxygen atoms in total. The number of carboxylic acids is 1. The van der Waals surface area contributed by atoms with Crippen molar-refractivity contribution in [2.45, 2.75) is 18.9 Å². The summed E-state index contributed by atoms with van der Waals surface area (Å²) in [5.41, 5.74) is 2.25. The average Bonchev–Trinajstić information content (AvgIpc) is 3.37. The summed E-state index contributed by atoms with van der Waals surface area (Å²) in [7, 11) is 0. The molecule has 9 heteroatoms. The Bertz CT molecular complexity index is 1140. The Balaban J connectivity index is 1.52. The summed E-state index contributed by atoms with van der Waals surface area (Å²) in [6.07, 6.45) is 7.93. The second-order valence-corrected chi connectivity index (χ2v) is 7.51. The minimum atomic E-state index is -0.888. The Labute approximate surface area is 163 Å². The second-order valence-electron chi connectivity index (χ2n) is 7.07. The number of aliphatic carboxylic acids is 1. The quantitative estimate of drug-likeness (QED) is 0.578. The summed E-state index contributed by atoms with van der Waals surface area (Å²) in [5.74, 6) is -1.87. The number of nitrogens with one attached hydrogen (secondary N) is 2. The topological polar surface area (TPSA) is 104 Å². The molecule has 142 valence electrons. The highest BCUT2D eigenvalue weighted by molar-refractivity contribution is 6.31. The van der Waals surface area contributed by atoms with E-state index in [4.69, 9.17) is 11.6 Å². The van der Waals surface area contributed by atoms with Gasteiger partial charge in [0.15, 0.2) is 17.5 Å². The zero-order valence-corrected chi connectivity index (χ0v) is 15.2. The van der Waals surface area contributed by atoms with Crippen molar-refractivity contribution < 1.29 is 14.3 Å². The average molecular weight is 400 g/mol. The number of carbonyl (C=O) groups is 1. The van der Waals surface area contributed by atoms with Crippen LogP contribution in [0.4, 0.5) is 10.2 Å². The third-order valence-corrected chi connectivity index (χ3v) is 5.68. The number of pyridine rings is 1. The van der Waals surface area contributed by atoms with E-state index in [1.807, 2.05) is 6.08 Å². The van der Waals surface area contributed by atoms with Crippen LogP contribution < -0.4 is 5.32 Å². The summed E-state index contributed by atoms with van der Waals surface area (Å²) in [6, 6.07) is 1.27. The molecule has 0 amide bonds. The Morgan fingerprint density at radius 3 is 3.04 bits per heavy atom. The minimum Gasteiger partial charge on any atom is -0.481 e. The maximum atomic E-state index is 14.4. The SMILES string of the molecule is O=C(O)C1C(Nc2nc(-c3c[nH]c4ncc(Cl)cc34)ncc2F)C2=C[C@H]1CC2. The fourth-order valence-corrected chi connectivity index (χ4v) is 4.37. The molecule has 3 aromatic rings. The molecular weight excluding hydrogens is 385 g/mol. The molecule has 0 spiro atoms. The molecule has 0 fully saturated rings. The lowest BCUT2D eigenvalue weighted by Crippen LogP contribution is -2.38. The van der Waals surface area contributed by atoms with Gasteiger partial charge in [0.25, 0.3) is 0 Å². The maximum absolute atomic E-state index is 14.4. The van der Waals surface area contributed by atoms with E-state index in [9.17, 15) is 14.3 Å². The zero-order chi connectivity index (χ0) is 19.4. The van der Waals surface area contributed by atoms with Gasteiger partial charge in [-0.15, -0.1) is 0 Å². The fraction of sp³-hybridized carbons (Fsp3) is 0.263. The van der Waals surface area contributed by atoms with Gasteiger partial charge in [0.2, 0.25) is 0 Å².